The predicted molar refractivity (Wildman–Crippen MR) is 179 cm³/mol. The van der Waals surface area contributed by atoms with Gasteiger partial charge in [0.15, 0.2) is 0 Å². The maximum Gasteiger partial charge on any atom is 0.406 e. The summed E-state index contributed by atoms with van der Waals surface area (Å²) in [5.41, 5.74) is 5.82. The van der Waals surface area contributed by atoms with E-state index in [0.29, 0.717) is 30.5 Å². The van der Waals surface area contributed by atoms with Crippen molar-refractivity contribution in [3.05, 3.63) is 41.7 Å². The van der Waals surface area contributed by atoms with Gasteiger partial charge in [-0.25, -0.2) is 0 Å². The van der Waals surface area contributed by atoms with E-state index in [-0.39, 0.29) is 5.41 Å². The monoisotopic (exact) mass is 619 g/mol. The van der Waals surface area contributed by atoms with Crippen molar-refractivity contribution in [1.29, 1.82) is 0 Å². The summed E-state index contributed by atoms with van der Waals surface area (Å²) in [5, 5.41) is 0.914. The van der Waals surface area contributed by atoms with Crippen LogP contribution in [0.5, 0.6) is 0 Å². The normalized spacial score (nSPS) is 18.5. The second-order valence-corrected chi connectivity index (χ2v) is 14.1. The third-order valence-corrected chi connectivity index (χ3v) is 10.1. The van der Waals surface area contributed by atoms with E-state index in [9.17, 15) is 13.2 Å². The topological polar surface area (TPSA) is 27.5 Å². The van der Waals surface area contributed by atoms with Crippen LogP contribution in [0.3, 0.4) is 0 Å². The van der Waals surface area contributed by atoms with E-state index in [4.69, 9.17) is 11.4 Å². The number of hydrogen-bond acceptors (Lipinski definition) is 4. The molecule has 0 N–H and O–H groups in total. The van der Waals surface area contributed by atoms with Crippen LogP contribution in [-0.2, 0) is 19.4 Å². The molecule has 3 aliphatic rings. The first kappa shape index (κ1) is 31.8. The van der Waals surface area contributed by atoms with Crippen LogP contribution in [0.4, 0.5) is 24.5 Å². The zero-order valence-corrected chi connectivity index (χ0v) is 27.2. The highest BCUT2D eigenvalue weighted by molar-refractivity contribution is 5.95. The van der Waals surface area contributed by atoms with E-state index in [1.54, 1.807) is 0 Å². The largest absolute Gasteiger partial charge is 0.406 e. The van der Waals surface area contributed by atoms with Crippen molar-refractivity contribution in [2.24, 2.45) is 5.41 Å². The SMILES string of the molecule is C#CCCC(C)(C)Cc1c(-c2cc(N3CCN(C4CC4)CC3)cnc2CC)n(CC(F)(F)F)c2ccc(N3CCCCC3)cc12. The van der Waals surface area contributed by atoms with Crippen molar-refractivity contribution in [3.8, 4) is 23.6 Å². The predicted octanol–water partition coefficient (Wildman–Crippen LogP) is 8.08. The highest BCUT2D eigenvalue weighted by Gasteiger charge is 2.35. The molecule has 242 valence electrons. The maximum absolute atomic E-state index is 14.4. The van der Waals surface area contributed by atoms with Gasteiger partial charge in [-0.15, -0.1) is 12.3 Å². The van der Waals surface area contributed by atoms with Gasteiger partial charge in [-0.05, 0) is 86.6 Å². The number of terminal acetylenes is 1. The van der Waals surface area contributed by atoms with Crippen LogP contribution >= 0.6 is 0 Å². The quantitative estimate of drug-likeness (QED) is 0.215. The molecule has 0 spiro atoms. The fourth-order valence-corrected chi connectivity index (χ4v) is 7.50. The average molecular weight is 620 g/mol. The first-order valence-corrected chi connectivity index (χ1v) is 17.0. The molecule has 6 rings (SSSR count). The minimum Gasteiger partial charge on any atom is -0.372 e. The van der Waals surface area contributed by atoms with Crippen molar-refractivity contribution in [2.45, 2.75) is 97.3 Å². The highest BCUT2D eigenvalue weighted by atomic mass is 19.4. The van der Waals surface area contributed by atoms with Crippen molar-refractivity contribution in [1.82, 2.24) is 14.5 Å². The molecule has 2 aliphatic heterocycles. The Hall–Kier alpha value is -3.18. The summed E-state index contributed by atoms with van der Waals surface area (Å²) in [4.78, 5) is 12.2. The van der Waals surface area contributed by atoms with E-state index < -0.39 is 12.7 Å². The zero-order valence-electron chi connectivity index (χ0n) is 27.2. The molecule has 0 amide bonds. The number of nitrogens with zero attached hydrogens (tertiary/aromatic N) is 5. The Labute approximate surface area is 266 Å². The van der Waals surface area contributed by atoms with Gasteiger partial charge in [0, 0.05) is 79.6 Å². The molecule has 1 saturated carbocycles. The number of halogens is 3. The van der Waals surface area contributed by atoms with Crippen LogP contribution in [-0.4, -0.2) is 65.9 Å². The van der Waals surface area contributed by atoms with Crippen molar-refractivity contribution >= 4 is 22.3 Å². The molecule has 2 saturated heterocycles. The number of aromatic nitrogens is 2. The molecule has 1 aromatic carbocycles. The first-order chi connectivity index (χ1) is 21.6. The first-order valence-electron chi connectivity index (χ1n) is 17.0. The van der Waals surface area contributed by atoms with E-state index in [1.807, 2.05) is 25.3 Å². The number of fused-ring (bicyclic) bond motifs is 1. The summed E-state index contributed by atoms with van der Waals surface area (Å²) < 4.78 is 44.8. The summed E-state index contributed by atoms with van der Waals surface area (Å²) in [6.07, 6.45) is 12.0. The zero-order chi connectivity index (χ0) is 31.8. The van der Waals surface area contributed by atoms with Gasteiger partial charge in [-0.1, -0.05) is 20.8 Å². The fraction of sp³-hybridized carbons (Fsp3) is 0.595. The summed E-state index contributed by atoms with van der Waals surface area (Å²) in [5.74, 6) is 2.78. The van der Waals surface area contributed by atoms with Crippen molar-refractivity contribution in [3.63, 3.8) is 0 Å². The maximum atomic E-state index is 14.4. The number of benzene rings is 1. The molecule has 1 aliphatic carbocycles. The molecule has 0 radical (unpaired) electrons. The Kier molecular flexibility index (Phi) is 9.12. The third kappa shape index (κ3) is 7.14. The number of anilines is 2. The van der Waals surface area contributed by atoms with Gasteiger partial charge in [0.2, 0.25) is 0 Å². The minimum absolute atomic E-state index is 0.198. The smallest absolute Gasteiger partial charge is 0.372 e. The number of aryl methyl sites for hydroxylation is 1. The fourth-order valence-electron chi connectivity index (χ4n) is 7.50. The summed E-state index contributed by atoms with van der Waals surface area (Å²) >= 11 is 0. The Morgan fingerprint density at radius 2 is 1.64 bits per heavy atom. The van der Waals surface area contributed by atoms with Gasteiger partial charge in [-0.3, -0.25) is 9.88 Å². The molecule has 45 heavy (non-hydrogen) atoms. The number of piperazine rings is 1. The lowest BCUT2D eigenvalue weighted by atomic mass is 9.80. The Bertz CT molecular complexity index is 1530. The average Bonchev–Trinajstić information content (AvgIpc) is 3.85. The molecule has 0 bridgehead atoms. The van der Waals surface area contributed by atoms with Crippen LogP contribution in [0.15, 0.2) is 30.5 Å². The molecule has 4 heterocycles. The van der Waals surface area contributed by atoms with Crippen molar-refractivity contribution < 1.29 is 13.2 Å². The Morgan fingerprint density at radius 1 is 0.933 bits per heavy atom. The molecular weight excluding hydrogens is 571 g/mol. The molecule has 2 aromatic heterocycles. The number of hydrogen-bond donors (Lipinski definition) is 0. The van der Waals surface area contributed by atoms with Gasteiger partial charge in [-0.2, -0.15) is 13.2 Å². The second-order valence-electron chi connectivity index (χ2n) is 14.1. The molecular formula is C37H48F3N5. The number of piperidine rings is 1. The molecule has 5 nitrogen and oxygen atoms in total. The van der Waals surface area contributed by atoms with Gasteiger partial charge in [0.1, 0.15) is 6.54 Å². The molecule has 3 fully saturated rings. The molecule has 0 unspecified atom stereocenters. The van der Waals surface area contributed by atoms with Gasteiger partial charge >= 0.3 is 6.18 Å². The van der Waals surface area contributed by atoms with E-state index in [0.717, 1.165) is 98.2 Å². The highest BCUT2D eigenvalue weighted by Crippen LogP contribution is 2.43. The lowest BCUT2D eigenvalue weighted by Gasteiger charge is -2.36. The standard InChI is InChI=1S/C37H48F3N5/c1-5-7-15-36(3,4)24-32-30-22-28(42-16-9-8-10-17-42)13-14-34(30)45(26-37(38,39)40)35(32)31-23-29(25-41-33(31)6-2)44-20-18-43(19-21-44)27-11-12-27/h1,13-14,22-23,25,27H,6-12,15-21,24,26H2,2-4H3. The van der Waals surface area contributed by atoms with Gasteiger partial charge in [0.05, 0.1) is 17.6 Å². The van der Waals surface area contributed by atoms with Crippen LogP contribution in [0.25, 0.3) is 22.2 Å². The van der Waals surface area contributed by atoms with E-state index >= 15 is 0 Å². The third-order valence-electron chi connectivity index (χ3n) is 10.1. The Morgan fingerprint density at radius 3 is 2.29 bits per heavy atom. The van der Waals surface area contributed by atoms with Gasteiger partial charge in [0.25, 0.3) is 0 Å². The molecule has 8 heteroatoms. The summed E-state index contributed by atoms with van der Waals surface area (Å²) in [7, 11) is 0. The Balaban J connectivity index is 1.52. The molecule has 0 atom stereocenters. The van der Waals surface area contributed by atoms with E-state index in [2.05, 4.69) is 46.6 Å². The lowest BCUT2D eigenvalue weighted by molar-refractivity contribution is -0.139. The number of rotatable bonds is 10. The summed E-state index contributed by atoms with van der Waals surface area (Å²) in [6.45, 7) is 11.2. The van der Waals surface area contributed by atoms with Crippen LogP contribution in [0, 0.1) is 17.8 Å². The number of pyridine rings is 1. The van der Waals surface area contributed by atoms with Crippen LogP contribution < -0.4 is 9.80 Å². The lowest BCUT2D eigenvalue weighted by Crippen LogP contribution is -2.47. The van der Waals surface area contributed by atoms with Crippen LogP contribution in [0.1, 0.15) is 77.0 Å². The van der Waals surface area contributed by atoms with Crippen molar-refractivity contribution in [2.75, 3.05) is 49.1 Å². The van der Waals surface area contributed by atoms with Gasteiger partial charge < -0.3 is 14.4 Å². The summed E-state index contributed by atoms with van der Waals surface area (Å²) in [6, 6.07) is 8.96. The van der Waals surface area contributed by atoms with E-state index in [1.165, 1.54) is 23.8 Å². The second kappa shape index (κ2) is 12.9. The molecule has 3 aromatic rings. The minimum atomic E-state index is -4.38. The number of alkyl halides is 3. The van der Waals surface area contributed by atoms with Crippen LogP contribution in [0.2, 0.25) is 0 Å².